The second-order valence-corrected chi connectivity index (χ2v) is 16.4. The minimum absolute atomic E-state index is 0.215. The number of hydrogen-bond acceptors (Lipinski definition) is 2. The first kappa shape index (κ1) is 23.9. The Morgan fingerprint density at radius 2 is 1.74 bits per heavy atom. The highest BCUT2D eigenvalue weighted by atomic mass is 31.1. The molecule has 0 heterocycles. The van der Waals surface area contributed by atoms with Crippen LogP contribution in [0.15, 0.2) is 78.4 Å². The van der Waals surface area contributed by atoms with E-state index in [4.69, 9.17) is 4.43 Å². The fourth-order valence-corrected chi connectivity index (χ4v) is 6.48. The standard InChI is InChI=1S/C27H36O2PSi/c1-21-16-19-24(29-31(5,6)27(2,3)4)20-23(21)18-17-22-12-10-11-15-26(22)30(28)25-13-8-7-9-14-25/h7-15,18,24H,1,16-17,19-20H2,2-6H3/q+1/b23-18-/t24-/m0/s1. The summed E-state index contributed by atoms with van der Waals surface area (Å²) in [6, 6.07) is 17.8. The number of benzene rings is 2. The summed E-state index contributed by atoms with van der Waals surface area (Å²) in [5.74, 6) is 0. The van der Waals surface area contributed by atoms with Crippen molar-refractivity contribution in [1.82, 2.24) is 0 Å². The van der Waals surface area contributed by atoms with E-state index in [1.807, 2.05) is 48.5 Å². The van der Waals surface area contributed by atoms with Crippen molar-refractivity contribution in [2.45, 2.75) is 70.7 Å². The van der Waals surface area contributed by atoms with Crippen LogP contribution in [0.2, 0.25) is 18.1 Å². The van der Waals surface area contributed by atoms with Gasteiger partial charge in [-0.2, -0.15) is 0 Å². The number of allylic oxidation sites excluding steroid dienone is 2. The van der Waals surface area contributed by atoms with Crippen molar-refractivity contribution < 1.29 is 8.99 Å². The van der Waals surface area contributed by atoms with Gasteiger partial charge < -0.3 is 4.43 Å². The smallest absolute Gasteiger partial charge is 0.414 e. The summed E-state index contributed by atoms with van der Waals surface area (Å²) in [5, 5.41) is 2.02. The predicted octanol–water partition coefficient (Wildman–Crippen LogP) is 7.06. The summed E-state index contributed by atoms with van der Waals surface area (Å²) in [7, 11) is -3.38. The SMILES string of the molecule is C=C1CC[C@H](O[Si](C)(C)C(C)(C)C)C/C1=C/Cc1ccccc1[P+](=O)c1ccccc1. The van der Waals surface area contributed by atoms with Crippen molar-refractivity contribution in [1.29, 1.82) is 0 Å². The van der Waals surface area contributed by atoms with Crippen LogP contribution in [0.4, 0.5) is 0 Å². The normalized spacial score (nSPS) is 19.5. The van der Waals surface area contributed by atoms with E-state index in [1.165, 1.54) is 11.1 Å². The molecule has 31 heavy (non-hydrogen) atoms. The van der Waals surface area contributed by atoms with E-state index in [-0.39, 0.29) is 11.1 Å². The van der Waals surface area contributed by atoms with Crippen LogP contribution < -0.4 is 10.6 Å². The Morgan fingerprint density at radius 1 is 1.10 bits per heavy atom. The second-order valence-electron chi connectivity index (χ2n) is 10.0. The Morgan fingerprint density at radius 3 is 2.42 bits per heavy atom. The Balaban J connectivity index is 1.77. The van der Waals surface area contributed by atoms with Crippen LogP contribution in [0.3, 0.4) is 0 Å². The van der Waals surface area contributed by atoms with Crippen molar-refractivity contribution >= 4 is 26.7 Å². The molecule has 0 bridgehead atoms. The Labute approximate surface area is 190 Å². The van der Waals surface area contributed by atoms with E-state index in [0.29, 0.717) is 0 Å². The van der Waals surface area contributed by atoms with E-state index < -0.39 is 16.1 Å². The van der Waals surface area contributed by atoms with Crippen LogP contribution in [0.1, 0.15) is 45.6 Å². The van der Waals surface area contributed by atoms with Gasteiger partial charge in [0.2, 0.25) is 0 Å². The minimum Gasteiger partial charge on any atom is -0.414 e. The maximum absolute atomic E-state index is 13.2. The van der Waals surface area contributed by atoms with Gasteiger partial charge >= 0.3 is 7.80 Å². The first-order valence-electron chi connectivity index (χ1n) is 11.2. The molecule has 4 heteroatoms. The van der Waals surface area contributed by atoms with E-state index in [1.54, 1.807) is 0 Å². The fourth-order valence-electron chi connectivity index (χ4n) is 3.73. The van der Waals surface area contributed by atoms with Crippen LogP contribution >= 0.6 is 7.80 Å². The summed E-state index contributed by atoms with van der Waals surface area (Å²) in [6.07, 6.45) is 6.30. The maximum atomic E-state index is 13.2. The highest BCUT2D eigenvalue weighted by Crippen LogP contribution is 2.40. The van der Waals surface area contributed by atoms with E-state index in [0.717, 1.165) is 41.9 Å². The molecule has 2 nitrogen and oxygen atoms in total. The third-order valence-electron chi connectivity index (χ3n) is 6.71. The monoisotopic (exact) mass is 451 g/mol. The maximum Gasteiger partial charge on any atom is 0.415 e. The Hall–Kier alpha value is -1.80. The molecule has 2 atom stereocenters. The molecule has 164 valence electrons. The van der Waals surface area contributed by atoms with Gasteiger partial charge in [0.1, 0.15) is 0 Å². The predicted molar refractivity (Wildman–Crippen MR) is 137 cm³/mol. The molecule has 0 saturated heterocycles. The lowest BCUT2D eigenvalue weighted by atomic mass is 9.87. The summed E-state index contributed by atoms with van der Waals surface area (Å²) >= 11 is 0. The molecule has 1 fully saturated rings. The van der Waals surface area contributed by atoms with Gasteiger partial charge in [-0.25, -0.2) is 0 Å². The average Bonchev–Trinajstić information content (AvgIpc) is 2.73. The van der Waals surface area contributed by atoms with E-state index >= 15 is 0 Å². The van der Waals surface area contributed by atoms with Gasteiger partial charge in [0.05, 0.1) is 0 Å². The van der Waals surface area contributed by atoms with Gasteiger partial charge in [-0.15, -0.1) is 0 Å². The molecule has 0 aromatic heterocycles. The van der Waals surface area contributed by atoms with Crippen molar-refractivity contribution in [3.05, 3.63) is 84.0 Å². The molecule has 0 aliphatic heterocycles. The molecule has 0 spiro atoms. The molecule has 2 aromatic carbocycles. The van der Waals surface area contributed by atoms with Gasteiger partial charge in [-0.3, -0.25) is 0 Å². The van der Waals surface area contributed by atoms with Crippen LogP contribution in [0, 0.1) is 0 Å². The first-order valence-corrected chi connectivity index (χ1v) is 15.4. The lowest BCUT2D eigenvalue weighted by Gasteiger charge is -2.41. The van der Waals surface area contributed by atoms with Crippen LogP contribution in [-0.4, -0.2) is 14.4 Å². The highest BCUT2D eigenvalue weighted by molar-refractivity contribution is 7.61. The van der Waals surface area contributed by atoms with Crippen LogP contribution in [0.5, 0.6) is 0 Å². The van der Waals surface area contributed by atoms with Gasteiger partial charge in [-0.05, 0) is 67.6 Å². The summed E-state index contributed by atoms with van der Waals surface area (Å²) in [5.41, 5.74) is 3.65. The molecule has 0 radical (unpaired) electrons. The first-order chi connectivity index (χ1) is 14.6. The highest BCUT2D eigenvalue weighted by Gasteiger charge is 2.39. The molecule has 1 saturated carbocycles. The van der Waals surface area contributed by atoms with Crippen LogP contribution in [0.25, 0.3) is 0 Å². The van der Waals surface area contributed by atoms with Gasteiger partial charge in [-0.1, -0.05) is 80.0 Å². The largest absolute Gasteiger partial charge is 0.415 e. The fraction of sp³-hybridized carbons (Fsp3) is 0.407. The summed E-state index contributed by atoms with van der Waals surface area (Å²) < 4.78 is 19.9. The summed E-state index contributed by atoms with van der Waals surface area (Å²) in [4.78, 5) is 0. The number of hydrogen-bond donors (Lipinski definition) is 0. The Kier molecular flexibility index (Phi) is 7.52. The third-order valence-corrected chi connectivity index (χ3v) is 12.9. The zero-order valence-electron chi connectivity index (χ0n) is 19.7. The molecule has 1 aliphatic carbocycles. The summed E-state index contributed by atoms with van der Waals surface area (Å²) in [6.45, 7) is 15.9. The third kappa shape index (κ3) is 5.92. The molecule has 3 rings (SSSR count). The molecule has 1 unspecified atom stereocenters. The topological polar surface area (TPSA) is 26.3 Å². The molecule has 2 aromatic rings. The van der Waals surface area contributed by atoms with Crippen molar-refractivity contribution in [3.63, 3.8) is 0 Å². The second kappa shape index (κ2) is 9.77. The zero-order chi connectivity index (χ0) is 22.6. The van der Waals surface area contributed by atoms with Crippen molar-refractivity contribution in [2.75, 3.05) is 0 Å². The zero-order valence-corrected chi connectivity index (χ0v) is 21.5. The van der Waals surface area contributed by atoms with E-state index in [2.05, 4.69) is 52.6 Å². The quantitative estimate of drug-likeness (QED) is 0.347. The minimum atomic E-state index is -1.79. The molecule has 1 aliphatic rings. The molecular formula is C27H36O2PSi+. The average molecular weight is 452 g/mol. The van der Waals surface area contributed by atoms with Gasteiger partial charge in [0.25, 0.3) is 0 Å². The molecular weight excluding hydrogens is 415 g/mol. The Bertz CT molecular complexity index is 970. The van der Waals surface area contributed by atoms with Crippen molar-refractivity contribution in [2.24, 2.45) is 0 Å². The van der Waals surface area contributed by atoms with E-state index in [9.17, 15) is 4.57 Å². The lowest BCUT2D eigenvalue weighted by molar-refractivity contribution is 0.164. The van der Waals surface area contributed by atoms with Gasteiger partial charge in [0, 0.05) is 11.7 Å². The molecule has 0 N–H and O–H groups in total. The van der Waals surface area contributed by atoms with Gasteiger partial charge in [0.15, 0.2) is 18.9 Å². The van der Waals surface area contributed by atoms with Crippen LogP contribution in [-0.2, 0) is 15.4 Å². The van der Waals surface area contributed by atoms with Crippen molar-refractivity contribution in [3.8, 4) is 0 Å². The molecule has 0 amide bonds. The lowest BCUT2D eigenvalue weighted by Crippen LogP contribution is -2.44. The number of rotatable bonds is 6.